The normalized spacial score (nSPS) is 9.79. The fraction of sp³-hybridized carbons (Fsp3) is 1.00. The van der Waals surface area contributed by atoms with E-state index in [1.54, 1.807) is 21.7 Å². The van der Waals surface area contributed by atoms with E-state index in [2.05, 4.69) is 13.8 Å². The van der Waals surface area contributed by atoms with Crippen LogP contribution in [0.2, 0.25) is 8.87 Å². The second-order valence-electron chi connectivity index (χ2n) is 5.29. The summed E-state index contributed by atoms with van der Waals surface area (Å²) in [4.78, 5) is 0. The zero-order valence-electron chi connectivity index (χ0n) is 13.2. The minimum atomic E-state index is 0. The maximum Gasteiger partial charge on any atom is -0.107 e. The molecule has 0 fully saturated rings. The third-order valence-corrected chi connectivity index (χ3v) is 7.45. The van der Waals surface area contributed by atoms with Gasteiger partial charge in [-0.3, -0.25) is 0 Å². The van der Waals surface area contributed by atoms with Crippen LogP contribution in [0.5, 0.6) is 0 Å². The monoisotopic (exact) mass is 602 g/mol. The van der Waals surface area contributed by atoms with Gasteiger partial charge in [0.2, 0.25) is 0 Å². The summed E-state index contributed by atoms with van der Waals surface area (Å²) in [5.74, 6) is 0. The summed E-state index contributed by atoms with van der Waals surface area (Å²) in [5, 5.41) is 0. The zero-order chi connectivity index (χ0) is 12.6. The molecule has 0 spiro atoms. The first kappa shape index (κ1) is 26.2. The number of halogens is 2. The van der Waals surface area contributed by atoms with Gasteiger partial charge in [-0.05, 0) is 0 Å². The number of unbranched alkanes of at least 4 members (excludes halogenated alkanes) is 10. The van der Waals surface area contributed by atoms with Gasteiger partial charge in [-0.2, -0.15) is 0 Å². The van der Waals surface area contributed by atoms with Crippen molar-refractivity contribution in [2.75, 3.05) is 0 Å². The SMILES string of the molecule is CCCCCCC[CH2][Sn][CH2]CCCCCCC.I.I. The van der Waals surface area contributed by atoms with Crippen molar-refractivity contribution in [3.8, 4) is 0 Å². The van der Waals surface area contributed by atoms with E-state index < -0.39 is 0 Å². The van der Waals surface area contributed by atoms with Gasteiger partial charge in [-0.1, -0.05) is 0 Å². The molecule has 118 valence electrons. The largest absolute Gasteiger partial charge is 0.107 e. The average molecular weight is 601 g/mol. The van der Waals surface area contributed by atoms with E-state index in [1.165, 1.54) is 64.2 Å². The molecular weight excluding hydrogens is 565 g/mol. The molecule has 0 N–H and O–H groups in total. The van der Waals surface area contributed by atoms with Gasteiger partial charge in [-0.25, -0.2) is 0 Å². The van der Waals surface area contributed by atoms with Crippen LogP contribution >= 0.6 is 48.0 Å². The van der Waals surface area contributed by atoms with Gasteiger partial charge in [-0.15, -0.1) is 48.0 Å². The smallest absolute Gasteiger partial charge is 0.107 e. The van der Waals surface area contributed by atoms with Crippen LogP contribution in [0.15, 0.2) is 0 Å². The van der Waals surface area contributed by atoms with Crippen molar-refractivity contribution in [1.29, 1.82) is 0 Å². The van der Waals surface area contributed by atoms with E-state index in [1.807, 2.05) is 0 Å². The van der Waals surface area contributed by atoms with Crippen LogP contribution in [0, 0.1) is 0 Å². The Balaban J connectivity index is -0.00000128. The summed E-state index contributed by atoms with van der Waals surface area (Å²) >= 11 is 0.0736. The van der Waals surface area contributed by atoms with Gasteiger partial charge in [0.05, 0.1) is 0 Å². The molecule has 0 aliphatic rings. The van der Waals surface area contributed by atoms with Crippen molar-refractivity contribution in [3.05, 3.63) is 0 Å². The van der Waals surface area contributed by atoms with Crippen LogP contribution < -0.4 is 0 Å². The maximum absolute atomic E-state index is 2.30. The van der Waals surface area contributed by atoms with Crippen LogP contribution in [0.25, 0.3) is 0 Å². The van der Waals surface area contributed by atoms with Crippen molar-refractivity contribution >= 4 is 69.1 Å². The number of rotatable bonds is 14. The molecule has 0 aromatic rings. The van der Waals surface area contributed by atoms with E-state index in [-0.39, 0.29) is 69.1 Å². The molecule has 19 heavy (non-hydrogen) atoms. The van der Waals surface area contributed by atoms with Gasteiger partial charge < -0.3 is 0 Å². The molecule has 0 bridgehead atoms. The van der Waals surface area contributed by atoms with Crippen LogP contribution in [0.4, 0.5) is 0 Å². The molecule has 0 aliphatic carbocycles. The van der Waals surface area contributed by atoms with Gasteiger partial charge in [0, 0.05) is 0 Å². The Kier molecular flexibility index (Phi) is 34.7. The van der Waals surface area contributed by atoms with Crippen molar-refractivity contribution < 1.29 is 0 Å². The van der Waals surface area contributed by atoms with E-state index >= 15 is 0 Å². The summed E-state index contributed by atoms with van der Waals surface area (Å²) in [7, 11) is 0. The number of hydrogen-bond acceptors (Lipinski definition) is 0. The van der Waals surface area contributed by atoms with Crippen molar-refractivity contribution in [3.63, 3.8) is 0 Å². The molecule has 0 nitrogen and oxygen atoms in total. The molecule has 2 radical (unpaired) electrons. The van der Waals surface area contributed by atoms with Crippen LogP contribution in [-0.2, 0) is 0 Å². The summed E-state index contributed by atoms with van der Waals surface area (Å²) in [6.45, 7) is 4.60. The quantitative estimate of drug-likeness (QED) is 0.110. The molecule has 0 amide bonds. The Morgan fingerprint density at radius 3 is 1.16 bits per heavy atom. The summed E-state index contributed by atoms with van der Waals surface area (Å²) in [5.41, 5.74) is 0. The number of hydrogen-bond donors (Lipinski definition) is 0. The predicted octanol–water partition coefficient (Wildman–Crippen LogP) is 7.48. The third-order valence-electron chi connectivity index (χ3n) is 3.41. The molecular formula is C16H36I2Sn. The first-order chi connectivity index (χ1) is 8.41. The molecule has 0 rings (SSSR count). The van der Waals surface area contributed by atoms with Gasteiger partial charge in [0.1, 0.15) is 0 Å². The Hall–Kier alpha value is 2.26. The van der Waals surface area contributed by atoms with E-state index in [0.29, 0.717) is 0 Å². The minimum Gasteiger partial charge on any atom is -0.107 e. The van der Waals surface area contributed by atoms with Gasteiger partial charge in [0.25, 0.3) is 0 Å². The van der Waals surface area contributed by atoms with Crippen LogP contribution in [0.3, 0.4) is 0 Å². The van der Waals surface area contributed by atoms with Crippen LogP contribution in [-0.4, -0.2) is 21.1 Å². The molecule has 3 heteroatoms. The van der Waals surface area contributed by atoms with E-state index in [4.69, 9.17) is 0 Å². The molecule has 0 saturated heterocycles. The second-order valence-corrected chi connectivity index (χ2v) is 9.57. The van der Waals surface area contributed by atoms with Gasteiger partial charge >= 0.3 is 121 Å². The van der Waals surface area contributed by atoms with E-state index in [9.17, 15) is 0 Å². The molecule has 0 aromatic carbocycles. The molecule has 0 aliphatic heterocycles. The average Bonchev–Trinajstić information content (AvgIpc) is 2.35. The Morgan fingerprint density at radius 2 is 0.789 bits per heavy atom. The van der Waals surface area contributed by atoms with Crippen molar-refractivity contribution in [2.45, 2.75) is 99.8 Å². The predicted molar refractivity (Wildman–Crippen MR) is 113 cm³/mol. The van der Waals surface area contributed by atoms with E-state index in [0.717, 1.165) is 0 Å². The summed E-state index contributed by atoms with van der Waals surface area (Å²) < 4.78 is 3.31. The Bertz CT molecular complexity index is 118. The van der Waals surface area contributed by atoms with Crippen molar-refractivity contribution in [2.24, 2.45) is 0 Å². The second kappa shape index (κ2) is 25.2. The molecule has 0 saturated carbocycles. The summed E-state index contributed by atoms with van der Waals surface area (Å²) in [6, 6.07) is 0. The molecule has 0 unspecified atom stereocenters. The Labute approximate surface area is 167 Å². The standard InChI is InChI=1S/2C8H17.2HI.Sn/c2*1-3-5-7-8-6-4-2;;;/h2*1,3-8H2,2H3;2*1H;. The fourth-order valence-corrected chi connectivity index (χ4v) is 5.75. The fourth-order valence-electron chi connectivity index (χ4n) is 2.19. The first-order valence-electron chi connectivity index (χ1n) is 8.12. The first-order valence-corrected chi connectivity index (χ1v) is 12.2. The summed E-state index contributed by atoms with van der Waals surface area (Å²) in [6.07, 6.45) is 17.8. The topological polar surface area (TPSA) is 0 Å². The zero-order valence-corrected chi connectivity index (χ0v) is 20.7. The molecule has 0 atom stereocenters. The Morgan fingerprint density at radius 1 is 0.474 bits per heavy atom. The minimum absolute atomic E-state index is 0. The van der Waals surface area contributed by atoms with Crippen molar-refractivity contribution in [1.82, 2.24) is 0 Å². The van der Waals surface area contributed by atoms with Crippen LogP contribution in [0.1, 0.15) is 90.9 Å². The maximum atomic E-state index is 2.30. The molecule has 0 heterocycles. The van der Waals surface area contributed by atoms with Gasteiger partial charge in [0.15, 0.2) is 0 Å². The third kappa shape index (κ3) is 25.5. The molecule has 0 aromatic heterocycles.